The summed E-state index contributed by atoms with van der Waals surface area (Å²) in [6.07, 6.45) is 1.26. The molecule has 1 unspecified atom stereocenters. The van der Waals surface area contributed by atoms with E-state index in [1.165, 1.54) is 0 Å². The first kappa shape index (κ1) is 23.4. The van der Waals surface area contributed by atoms with Crippen LogP contribution in [0.4, 0.5) is 5.69 Å². The second-order valence-electron chi connectivity index (χ2n) is 8.58. The van der Waals surface area contributed by atoms with Crippen LogP contribution in [0.3, 0.4) is 0 Å². The molecule has 2 heterocycles. The van der Waals surface area contributed by atoms with Crippen LogP contribution in [0.25, 0.3) is 11.0 Å². The van der Waals surface area contributed by atoms with Gasteiger partial charge in [0.05, 0.1) is 24.2 Å². The van der Waals surface area contributed by atoms with Crippen molar-refractivity contribution in [1.29, 1.82) is 0 Å². The first-order valence-corrected chi connectivity index (χ1v) is 12.8. The number of aromatic nitrogens is 2. The zero-order valence-corrected chi connectivity index (χ0v) is 21.3. The van der Waals surface area contributed by atoms with Gasteiger partial charge < -0.3 is 18.9 Å². The molecular formula is C28H28BrN3O3. The lowest BCUT2D eigenvalue weighted by atomic mass is 10.1. The van der Waals surface area contributed by atoms with Gasteiger partial charge in [-0.15, -0.1) is 0 Å². The number of hydrogen-bond donors (Lipinski definition) is 0. The monoisotopic (exact) mass is 533 g/mol. The van der Waals surface area contributed by atoms with Gasteiger partial charge >= 0.3 is 0 Å². The number of carbonyl (C=O) groups excluding carboxylic acids is 1. The smallest absolute Gasteiger partial charge is 0.227 e. The number of nitrogens with zero attached hydrogens (tertiary/aromatic N) is 3. The molecule has 7 heteroatoms. The molecule has 1 atom stereocenters. The van der Waals surface area contributed by atoms with Gasteiger partial charge in [-0.05, 0) is 55.8 Å². The minimum atomic E-state index is 0.0356. The Kier molecular flexibility index (Phi) is 7.04. The Bertz CT molecular complexity index is 1340. The molecular weight excluding hydrogens is 506 g/mol. The highest BCUT2D eigenvalue weighted by Gasteiger charge is 2.34. The van der Waals surface area contributed by atoms with Crippen molar-refractivity contribution < 1.29 is 14.3 Å². The van der Waals surface area contributed by atoms with E-state index in [-0.39, 0.29) is 11.8 Å². The van der Waals surface area contributed by atoms with Crippen LogP contribution in [-0.4, -0.2) is 35.2 Å². The lowest BCUT2D eigenvalue weighted by molar-refractivity contribution is -0.117. The van der Waals surface area contributed by atoms with Crippen LogP contribution in [0.1, 0.15) is 31.5 Å². The number of benzene rings is 3. The number of ether oxygens (including phenoxy) is 2. The van der Waals surface area contributed by atoms with Crippen molar-refractivity contribution in [3.63, 3.8) is 0 Å². The van der Waals surface area contributed by atoms with E-state index < -0.39 is 0 Å². The number of rotatable bonds is 9. The molecule has 0 N–H and O–H groups in total. The van der Waals surface area contributed by atoms with E-state index >= 15 is 0 Å². The van der Waals surface area contributed by atoms with Crippen LogP contribution < -0.4 is 14.4 Å². The standard InChI is InChI=1S/C28H28BrN3O3/c1-2-34-25-13-5-6-14-26(25)35-16-8-15-31-24-12-4-3-11-23(24)30-28(31)20-17-27(33)32(19-20)22-10-7-9-21(29)18-22/h3-7,9-14,18,20H,2,8,15-17,19H2,1H3. The zero-order chi connectivity index (χ0) is 24.2. The van der Waals surface area contributed by atoms with Gasteiger partial charge in [-0.25, -0.2) is 4.98 Å². The molecule has 0 bridgehead atoms. The molecule has 1 saturated heterocycles. The van der Waals surface area contributed by atoms with Crippen molar-refractivity contribution in [1.82, 2.24) is 9.55 Å². The minimum absolute atomic E-state index is 0.0356. The van der Waals surface area contributed by atoms with Gasteiger partial charge in [0.25, 0.3) is 0 Å². The fraction of sp³-hybridized carbons (Fsp3) is 0.286. The highest BCUT2D eigenvalue weighted by atomic mass is 79.9. The lowest BCUT2D eigenvalue weighted by Crippen LogP contribution is -2.24. The van der Waals surface area contributed by atoms with Gasteiger partial charge in [0, 0.05) is 35.6 Å². The molecule has 3 aromatic carbocycles. The second-order valence-corrected chi connectivity index (χ2v) is 9.49. The predicted octanol–water partition coefficient (Wildman–Crippen LogP) is 6.19. The summed E-state index contributed by atoms with van der Waals surface area (Å²) in [6.45, 7) is 4.50. The second kappa shape index (κ2) is 10.5. The predicted molar refractivity (Wildman–Crippen MR) is 141 cm³/mol. The molecule has 6 nitrogen and oxygen atoms in total. The number of hydrogen-bond acceptors (Lipinski definition) is 4. The third-order valence-electron chi connectivity index (χ3n) is 6.23. The lowest BCUT2D eigenvalue weighted by Gasteiger charge is -2.18. The quantitative estimate of drug-likeness (QED) is 0.241. The number of aryl methyl sites for hydroxylation is 1. The van der Waals surface area contributed by atoms with Gasteiger partial charge in [0.15, 0.2) is 11.5 Å². The first-order valence-electron chi connectivity index (χ1n) is 12.0. The Morgan fingerprint density at radius 3 is 2.57 bits per heavy atom. The van der Waals surface area contributed by atoms with Crippen LogP contribution in [-0.2, 0) is 11.3 Å². The SMILES string of the molecule is CCOc1ccccc1OCCCn1c(C2CC(=O)N(c3cccc(Br)c3)C2)nc2ccccc21. The average Bonchev–Trinajstić information content (AvgIpc) is 3.43. The van der Waals surface area contributed by atoms with E-state index in [2.05, 4.69) is 26.6 Å². The van der Waals surface area contributed by atoms with E-state index in [1.807, 2.05) is 78.6 Å². The maximum atomic E-state index is 12.9. The number of para-hydroxylation sites is 4. The number of amides is 1. The maximum absolute atomic E-state index is 12.9. The molecule has 0 aliphatic carbocycles. The molecule has 5 rings (SSSR count). The van der Waals surface area contributed by atoms with E-state index in [1.54, 1.807) is 0 Å². The normalized spacial score (nSPS) is 15.7. The van der Waals surface area contributed by atoms with Crippen molar-refractivity contribution in [2.75, 3.05) is 24.7 Å². The Balaban J connectivity index is 1.33. The fourth-order valence-corrected chi connectivity index (χ4v) is 5.05. The summed E-state index contributed by atoms with van der Waals surface area (Å²) >= 11 is 3.52. The maximum Gasteiger partial charge on any atom is 0.227 e. The number of imidazole rings is 1. The van der Waals surface area contributed by atoms with Crippen LogP contribution >= 0.6 is 15.9 Å². The number of halogens is 1. The van der Waals surface area contributed by atoms with Gasteiger partial charge in [0.1, 0.15) is 5.82 Å². The first-order chi connectivity index (χ1) is 17.1. The Morgan fingerprint density at radius 2 is 1.77 bits per heavy atom. The molecule has 1 aliphatic rings. The zero-order valence-electron chi connectivity index (χ0n) is 19.7. The molecule has 0 radical (unpaired) electrons. The molecule has 0 spiro atoms. The van der Waals surface area contributed by atoms with E-state index in [4.69, 9.17) is 14.5 Å². The van der Waals surface area contributed by atoms with Gasteiger partial charge in [0.2, 0.25) is 5.91 Å². The number of carbonyl (C=O) groups is 1. The molecule has 180 valence electrons. The van der Waals surface area contributed by atoms with Crippen LogP contribution in [0, 0.1) is 0 Å². The topological polar surface area (TPSA) is 56.6 Å². The van der Waals surface area contributed by atoms with E-state index in [0.29, 0.717) is 26.2 Å². The van der Waals surface area contributed by atoms with Gasteiger partial charge in [-0.3, -0.25) is 4.79 Å². The summed E-state index contributed by atoms with van der Waals surface area (Å²) in [5.74, 6) is 2.65. The highest BCUT2D eigenvalue weighted by Crippen LogP contribution is 2.34. The highest BCUT2D eigenvalue weighted by molar-refractivity contribution is 9.10. The molecule has 1 amide bonds. The summed E-state index contributed by atoms with van der Waals surface area (Å²) in [5.41, 5.74) is 2.96. The summed E-state index contributed by atoms with van der Waals surface area (Å²) in [5, 5.41) is 0. The van der Waals surface area contributed by atoms with Crippen LogP contribution in [0.5, 0.6) is 11.5 Å². The molecule has 1 fully saturated rings. The Labute approximate surface area is 213 Å². The van der Waals surface area contributed by atoms with E-state index in [9.17, 15) is 4.79 Å². The summed E-state index contributed by atoms with van der Waals surface area (Å²) in [7, 11) is 0. The third kappa shape index (κ3) is 5.05. The van der Waals surface area contributed by atoms with Crippen molar-refractivity contribution in [2.24, 2.45) is 0 Å². The number of fused-ring (bicyclic) bond motifs is 1. The summed E-state index contributed by atoms with van der Waals surface area (Å²) < 4.78 is 14.9. The van der Waals surface area contributed by atoms with Crippen molar-refractivity contribution >= 4 is 38.6 Å². The van der Waals surface area contributed by atoms with E-state index in [0.717, 1.165) is 51.5 Å². The molecule has 0 saturated carbocycles. The van der Waals surface area contributed by atoms with Crippen molar-refractivity contribution in [3.05, 3.63) is 83.1 Å². The van der Waals surface area contributed by atoms with Crippen molar-refractivity contribution in [3.8, 4) is 11.5 Å². The van der Waals surface area contributed by atoms with Gasteiger partial charge in [-0.2, -0.15) is 0 Å². The molecule has 35 heavy (non-hydrogen) atoms. The van der Waals surface area contributed by atoms with Crippen LogP contribution in [0.15, 0.2) is 77.3 Å². The molecule has 1 aromatic heterocycles. The fourth-order valence-electron chi connectivity index (χ4n) is 4.66. The van der Waals surface area contributed by atoms with Crippen molar-refractivity contribution in [2.45, 2.75) is 32.2 Å². The third-order valence-corrected chi connectivity index (χ3v) is 6.72. The largest absolute Gasteiger partial charge is 0.490 e. The molecule has 4 aromatic rings. The number of anilines is 1. The van der Waals surface area contributed by atoms with Crippen LogP contribution in [0.2, 0.25) is 0 Å². The Hall–Kier alpha value is -3.32. The molecule has 1 aliphatic heterocycles. The van der Waals surface area contributed by atoms with Gasteiger partial charge in [-0.1, -0.05) is 46.3 Å². The Morgan fingerprint density at radius 1 is 1.00 bits per heavy atom. The summed E-state index contributed by atoms with van der Waals surface area (Å²) in [4.78, 5) is 19.8. The average molecular weight is 534 g/mol. The summed E-state index contributed by atoms with van der Waals surface area (Å²) in [6, 6.07) is 23.8. The minimum Gasteiger partial charge on any atom is -0.490 e.